The molecule has 0 aliphatic carbocycles. The molecule has 2 aliphatic heterocycles. The van der Waals surface area contributed by atoms with Crippen molar-refractivity contribution in [3.8, 4) is 0 Å². The van der Waals surface area contributed by atoms with Crippen LogP contribution in [0.2, 0.25) is 0 Å². The highest BCUT2D eigenvalue weighted by atomic mass is 32.2. The summed E-state index contributed by atoms with van der Waals surface area (Å²) >= 11 is 1.68. The van der Waals surface area contributed by atoms with Crippen LogP contribution in [0.25, 0.3) is 0 Å². The number of carbonyl (C=O) groups excluding carboxylic acids is 1. The van der Waals surface area contributed by atoms with Gasteiger partial charge in [0, 0.05) is 18.0 Å². The Balaban J connectivity index is 1.74. The summed E-state index contributed by atoms with van der Waals surface area (Å²) in [5.74, 6) is 0.559. The number of hydrogen-bond acceptors (Lipinski definition) is 7. The highest BCUT2D eigenvalue weighted by Crippen LogP contribution is 2.41. The Morgan fingerprint density at radius 3 is 2.70 bits per heavy atom. The van der Waals surface area contributed by atoms with Gasteiger partial charge < -0.3 is 9.64 Å². The molecule has 0 amide bonds. The van der Waals surface area contributed by atoms with Crippen molar-refractivity contribution in [3.63, 3.8) is 0 Å². The lowest BCUT2D eigenvalue weighted by atomic mass is 9.93. The second-order valence-corrected chi connectivity index (χ2v) is 10.7. The number of benzene rings is 2. The maximum atomic E-state index is 12.9. The van der Waals surface area contributed by atoms with Crippen LogP contribution in [-0.2, 0) is 19.6 Å². The van der Waals surface area contributed by atoms with Crippen molar-refractivity contribution in [1.82, 2.24) is 4.90 Å². The third-order valence-electron chi connectivity index (χ3n) is 5.67. The number of fused-ring (bicyclic) bond motifs is 1. The van der Waals surface area contributed by atoms with E-state index in [-0.39, 0.29) is 4.90 Å². The average molecular weight is 486 g/mol. The zero-order valence-corrected chi connectivity index (χ0v) is 20.5. The van der Waals surface area contributed by atoms with Gasteiger partial charge in [-0.15, -0.1) is 0 Å². The Morgan fingerprint density at radius 2 is 2.00 bits per heavy atom. The van der Waals surface area contributed by atoms with Crippen LogP contribution < -0.4 is 4.72 Å². The van der Waals surface area contributed by atoms with Crippen LogP contribution in [0.4, 0.5) is 5.69 Å². The lowest BCUT2D eigenvalue weighted by Crippen LogP contribution is -2.42. The van der Waals surface area contributed by atoms with E-state index in [0.29, 0.717) is 23.4 Å². The number of rotatable bonds is 6. The molecule has 0 spiro atoms. The number of nitrogens with zero attached hydrogens (tertiary/aromatic N) is 2. The van der Waals surface area contributed by atoms with E-state index < -0.39 is 22.0 Å². The standard InChI is InChI=1S/C24H27N3O4S2/c1-4-20-21(23(28)31-3)22(27-13-6-14-32-24(27)25-20)17-7-5-8-18(15-17)26-33(29,30)19-11-9-16(2)10-12-19/h5,7-12,15,22,26H,4,6,13-14H2,1-3H3. The summed E-state index contributed by atoms with van der Waals surface area (Å²) in [5.41, 5.74) is 3.44. The summed E-state index contributed by atoms with van der Waals surface area (Å²) in [6.45, 7) is 4.63. The number of nitrogens with one attached hydrogen (secondary N) is 1. The van der Waals surface area contributed by atoms with Gasteiger partial charge in [-0.2, -0.15) is 0 Å². The second-order valence-electron chi connectivity index (χ2n) is 7.94. The third-order valence-corrected chi connectivity index (χ3v) is 8.15. The maximum Gasteiger partial charge on any atom is 0.338 e. The molecule has 7 nitrogen and oxygen atoms in total. The first-order valence-electron chi connectivity index (χ1n) is 10.8. The van der Waals surface area contributed by atoms with Gasteiger partial charge >= 0.3 is 5.97 Å². The molecule has 1 saturated heterocycles. The second kappa shape index (κ2) is 9.61. The molecule has 2 aromatic carbocycles. The lowest BCUT2D eigenvalue weighted by molar-refractivity contribution is -0.136. The van der Waals surface area contributed by atoms with Crippen molar-refractivity contribution >= 4 is 38.6 Å². The number of sulfonamides is 1. The number of aryl methyl sites for hydroxylation is 1. The Morgan fingerprint density at radius 1 is 1.24 bits per heavy atom. The number of amidine groups is 1. The molecule has 1 fully saturated rings. The molecular formula is C24H27N3O4S2. The predicted octanol–water partition coefficient (Wildman–Crippen LogP) is 4.48. The van der Waals surface area contributed by atoms with Gasteiger partial charge in [-0.05, 0) is 49.6 Å². The largest absolute Gasteiger partial charge is 0.466 e. The van der Waals surface area contributed by atoms with Crippen molar-refractivity contribution in [3.05, 3.63) is 70.9 Å². The zero-order chi connectivity index (χ0) is 23.6. The van der Waals surface area contributed by atoms with Gasteiger partial charge in [0.1, 0.15) is 0 Å². The predicted molar refractivity (Wildman–Crippen MR) is 132 cm³/mol. The molecule has 4 rings (SSSR count). The Hall–Kier alpha value is -2.78. The van der Waals surface area contributed by atoms with Gasteiger partial charge in [0.05, 0.1) is 29.3 Å². The topological polar surface area (TPSA) is 88.1 Å². The molecule has 1 atom stereocenters. The number of methoxy groups -OCH3 is 1. The molecule has 1 unspecified atom stereocenters. The number of esters is 1. The first-order chi connectivity index (χ1) is 15.8. The number of carbonyl (C=O) groups is 1. The van der Waals surface area contributed by atoms with Crippen LogP contribution in [0.1, 0.15) is 36.9 Å². The van der Waals surface area contributed by atoms with Crippen LogP contribution in [0.15, 0.2) is 69.7 Å². The van der Waals surface area contributed by atoms with Gasteiger partial charge in [0.2, 0.25) is 0 Å². The first kappa shape index (κ1) is 23.4. The quantitative estimate of drug-likeness (QED) is 0.607. The number of anilines is 1. The normalized spacial score (nSPS) is 18.5. The fraction of sp³-hybridized carbons (Fsp3) is 0.333. The number of ether oxygens (including phenoxy) is 1. The van der Waals surface area contributed by atoms with Crippen molar-refractivity contribution in [1.29, 1.82) is 0 Å². The van der Waals surface area contributed by atoms with Gasteiger partial charge in [0.15, 0.2) is 5.17 Å². The van der Waals surface area contributed by atoms with E-state index in [1.807, 2.05) is 19.9 Å². The van der Waals surface area contributed by atoms with Crippen LogP contribution in [0.5, 0.6) is 0 Å². The smallest absolute Gasteiger partial charge is 0.338 e. The summed E-state index contributed by atoms with van der Waals surface area (Å²) < 4.78 is 33.6. The number of hydrogen-bond donors (Lipinski definition) is 1. The van der Waals surface area contributed by atoms with Crippen LogP contribution >= 0.6 is 11.8 Å². The van der Waals surface area contributed by atoms with E-state index in [1.54, 1.807) is 54.2 Å². The van der Waals surface area contributed by atoms with Crippen molar-refractivity contribution < 1.29 is 17.9 Å². The molecule has 174 valence electrons. The van der Waals surface area contributed by atoms with E-state index in [0.717, 1.165) is 35.0 Å². The molecular weight excluding hydrogens is 458 g/mol. The van der Waals surface area contributed by atoms with Crippen molar-refractivity contribution in [2.75, 3.05) is 24.1 Å². The molecule has 33 heavy (non-hydrogen) atoms. The molecule has 2 heterocycles. The molecule has 0 bridgehead atoms. The van der Waals surface area contributed by atoms with Gasteiger partial charge in [-0.3, -0.25) is 4.72 Å². The maximum absolute atomic E-state index is 12.9. The third kappa shape index (κ3) is 4.79. The summed E-state index contributed by atoms with van der Waals surface area (Å²) in [5, 5.41) is 0.890. The lowest BCUT2D eigenvalue weighted by Gasteiger charge is -2.40. The molecule has 1 N–H and O–H groups in total. The van der Waals surface area contributed by atoms with Crippen LogP contribution in [0, 0.1) is 6.92 Å². The number of thioether (sulfide) groups is 1. The zero-order valence-electron chi connectivity index (χ0n) is 18.9. The SMILES string of the molecule is CCC1=C(C(=O)OC)C(c2cccc(NS(=O)(=O)c3ccc(C)cc3)c2)N2CCCSC2=N1. The molecule has 2 aliphatic rings. The Kier molecular flexibility index (Phi) is 6.81. The minimum absolute atomic E-state index is 0.196. The van der Waals surface area contributed by atoms with Crippen molar-refractivity contribution in [2.24, 2.45) is 4.99 Å². The molecule has 0 radical (unpaired) electrons. The minimum Gasteiger partial charge on any atom is -0.466 e. The Labute approximate surface area is 199 Å². The van der Waals surface area contributed by atoms with E-state index in [4.69, 9.17) is 9.73 Å². The summed E-state index contributed by atoms with van der Waals surface area (Å²) in [6.07, 6.45) is 1.56. The van der Waals surface area contributed by atoms with Crippen molar-refractivity contribution in [2.45, 2.75) is 37.6 Å². The van der Waals surface area contributed by atoms with E-state index >= 15 is 0 Å². The fourth-order valence-corrected chi connectivity index (χ4v) is 6.10. The van der Waals surface area contributed by atoms with Crippen LogP contribution in [0.3, 0.4) is 0 Å². The molecule has 9 heteroatoms. The summed E-state index contributed by atoms with van der Waals surface area (Å²) in [4.78, 5) is 19.9. The number of allylic oxidation sites excluding steroid dienone is 1. The highest BCUT2D eigenvalue weighted by Gasteiger charge is 2.38. The number of aliphatic imine (C=N–C) groups is 1. The van der Waals surface area contributed by atoms with Gasteiger partial charge in [-0.25, -0.2) is 18.2 Å². The van der Waals surface area contributed by atoms with Gasteiger partial charge in [-0.1, -0.05) is 48.5 Å². The molecule has 0 saturated carbocycles. The molecule has 0 aromatic heterocycles. The summed E-state index contributed by atoms with van der Waals surface area (Å²) in [7, 11) is -2.37. The average Bonchev–Trinajstić information content (AvgIpc) is 2.82. The Bertz CT molecular complexity index is 1220. The minimum atomic E-state index is -3.75. The van der Waals surface area contributed by atoms with Gasteiger partial charge in [0.25, 0.3) is 10.0 Å². The van der Waals surface area contributed by atoms with E-state index in [1.165, 1.54) is 7.11 Å². The summed E-state index contributed by atoms with van der Waals surface area (Å²) in [6, 6.07) is 13.5. The molecule has 2 aromatic rings. The van der Waals surface area contributed by atoms with E-state index in [2.05, 4.69) is 9.62 Å². The fourth-order valence-electron chi connectivity index (χ4n) is 4.06. The van der Waals surface area contributed by atoms with Crippen LogP contribution in [-0.4, -0.2) is 43.9 Å². The highest BCUT2D eigenvalue weighted by molar-refractivity contribution is 8.13. The monoisotopic (exact) mass is 485 g/mol. The first-order valence-corrected chi connectivity index (χ1v) is 13.3. The van der Waals surface area contributed by atoms with E-state index in [9.17, 15) is 13.2 Å².